The molecule has 1 aliphatic carbocycles. The van der Waals surface area contributed by atoms with Crippen molar-refractivity contribution in [3.8, 4) is 0 Å². The largest absolute Gasteiger partial charge is 0.481 e. The molecule has 0 radical (unpaired) electrons. The summed E-state index contributed by atoms with van der Waals surface area (Å²) in [6, 6.07) is 9.61. The van der Waals surface area contributed by atoms with Crippen LogP contribution in [-0.4, -0.2) is 63.9 Å². The Balaban J connectivity index is 1.26. The van der Waals surface area contributed by atoms with E-state index in [-0.39, 0.29) is 53.3 Å². The van der Waals surface area contributed by atoms with Gasteiger partial charge in [-0.25, -0.2) is 4.39 Å². The molecule has 1 saturated heterocycles. The highest BCUT2D eigenvalue weighted by atomic mass is 35.5. The van der Waals surface area contributed by atoms with E-state index in [1.54, 1.807) is 17.2 Å². The van der Waals surface area contributed by atoms with Crippen LogP contribution in [0.25, 0.3) is 10.9 Å². The Kier molecular flexibility index (Phi) is 10.0. The molecule has 1 unspecified atom stereocenters. The number of carboxylic acid groups (broad SMARTS) is 1. The Bertz CT molecular complexity index is 1550. The predicted molar refractivity (Wildman–Crippen MR) is 165 cm³/mol. The van der Waals surface area contributed by atoms with Crippen LogP contribution in [0.2, 0.25) is 5.02 Å². The number of aliphatic carboxylic acids is 1. The van der Waals surface area contributed by atoms with Crippen LogP contribution in [0.1, 0.15) is 54.4 Å². The van der Waals surface area contributed by atoms with Gasteiger partial charge in [-0.05, 0) is 62.3 Å². The fraction of sp³-hybridized carbons (Fsp3) is 0.424. The topological polar surface area (TPSA) is 110 Å². The minimum Gasteiger partial charge on any atom is -0.481 e. The molecule has 1 aliphatic heterocycles. The number of benzene rings is 2. The lowest BCUT2D eigenvalue weighted by atomic mass is 9.87. The number of amides is 2. The van der Waals surface area contributed by atoms with E-state index >= 15 is 4.39 Å². The van der Waals surface area contributed by atoms with Crippen molar-refractivity contribution >= 4 is 46.0 Å². The second-order valence-electron chi connectivity index (χ2n) is 11.5. The number of hydrogen-bond acceptors (Lipinski definition) is 5. The molecule has 9 nitrogen and oxygen atoms in total. The smallest absolute Gasteiger partial charge is 0.306 e. The first-order chi connectivity index (χ1) is 21.2. The third kappa shape index (κ3) is 6.98. The first-order valence-electron chi connectivity index (χ1n) is 14.9. The number of rotatable bonds is 11. The molecule has 2 N–H and O–H groups in total. The number of aryl methyl sites for hydroxylation is 1. The summed E-state index contributed by atoms with van der Waals surface area (Å²) in [5.74, 6) is -2.53. The fourth-order valence-corrected chi connectivity index (χ4v) is 6.45. The van der Waals surface area contributed by atoms with Crippen LogP contribution in [-0.2, 0) is 32.5 Å². The number of aromatic nitrogens is 1. The van der Waals surface area contributed by atoms with Gasteiger partial charge in [0.25, 0.3) is 5.91 Å². The van der Waals surface area contributed by atoms with Crippen LogP contribution in [0.3, 0.4) is 0 Å². The highest BCUT2D eigenvalue weighted by molar-refractivity contribution is 6.34. The maximum Gasteiger partial charge on any atom is 0.306 e. The Hall–Kier alpha value is -3.73. The highest BCUT2D eigenvalue weighted by Crippen LogP contribution is 2.32. The van der Waals surface area contributed by atoms with Gasteiger partial charge in [-0.3, -0.25) is 14.4 Å². The van der Waals surface area contributed by atoms with Crippen molar-refractivity contribution in [3.05, 3.63) is 77.2 Å². The van der Waals surface area contributed by atoms with Crippen molar-refractivity contribution in [1.82, 2.24) is 9.47 Å². The molecule has 2 aliphatic rings. The zero-order valence-corrected chi connectivity index (χ0v) is 25.4. The van der Waals surface area contributed by atoms with Crippen LogP contribution >= 0.6 is 11.6 Å². The lowest BCUT2D eigenvalue weighted by Crippen LogP contribution is -2.47. The minimum absolute atomic E-state index is 0.112. The summed E-state index contributed by atoms with van der Waals surface area (Å²) in [5, 5.41) is 12.9. The van der Waals surface area contributed by atoms with E-state index in [1.807, 2.05) is 35.9 Å². The standard InChI is InChI=1S/C33H37ClFN3O6/c1-3-15-43-33(44-22-12-10-20(11-13-22)32(41)42)29-9-6-14-38(29)30(39)17-21-16-25(34)27(18-26(21)35)36-31(40)24-19-37(2)28-8-5-4-7-23(24)28/h3-5,7-8,16,18-20,22,29,33H,1,6,9-15,17H2,2H3,(H,36,40)(H,41,42)/t20?,22?,29-,33?/m0/s1. The number of carboxylic acids is 1. The molecular formula is C33H37ClFN3O6. The third-order valence-corrected chi connectivity index (χ3v) is 8.84. The normalized spacial score (nSPS) is 20.9. The summed E-state index contributed by atoms with van der Waals surface area (Å²) in [6.07, 6.45) is 5.84. The first-order valence-corrected chi connectivity index (χ1v) is 15.3. The average Bonchev–Trinajstić information content (AvgIpc) is 3.63. The highest BCUT2D eigenvalue weighted by Gasteiger charge is 2.38. The lowest BCUT2D eigenvalue weighted by Gasteiger charge is -2.35. The summed E-state index contributed by atoms with van der Waals surface area (Å²) in [4.78, 5) is 39.6. The maximum atomic E-state index is 15.3. The van der Waals surface area contributed by atoms with Crippen molar-refractivity contribution in [1.29, 1.82) is 0 Å². The molecule has 234 valence electrons. The number of likely N-dealkylation sites (tertiary alicyclic amines) is 1. The van der Waals surface area contributed by atoms with E-state index in [1.165, 1.54) is 6.07 Å². The fourth-order valence-electron chi connectivity index (χ4n) is 6.22. The number of hydrogen-bond donors (Lipinski definition) is 2. The van der Waals surface area contributed by atoms with Gasteiger partial charge in [-0.1, -0.05) is 35.9 Å². The number of carbonyl (C=O) groups is 3. The molecular weight excluding hydrogens is 589 g/mol. The Morgan fingerprint density at radius 1 is 1.18 bits per heavy atom. The summed E-state index contributed by atoms with van der Waals surface area (Å²) >= 11 is 6.48. The molecule has 11 heteroatoms. The molecule has 2 heterocycles. The van der Waals surface area contributed by atoms with E-state index in [4.69, 9.17) is 21.1 Å². The van der Waals surface area contributed by atoms with Crippen LogP contribution in [0.5, 0.6) is 0 Å². The Labute approximate surface area is 260 Å². The molecule has 0 spiro atoms. The SMILES string of the molecule is C=CCOC(OC1CCC(C(=O)O)CC1)[C@@H]1CCCN1C(=O)Cc1cc(Cl)c(NC(=O)c2cn(C)c3ccccc23)cc1F. The third-order valence-electron chi connectivity index (χ3n) is 8.53. The van der Waals surface area contributed by atoms with Crippen molar-refractivity contribution in [2.75, 3.05) is 18.5 Å². The molecule has 5 rings (SSSR count). The summed E-state index contributed by atoms with van der Waals surface area (Å²) in [5.41, 5.74) is 1.55. The molecule has 2 fully saturated rings. The van der Waals surface area contributed by atoms with Crippen molar-refractivity contribution < 1.29 is 33.4 Å². The number of ether oxygens (including phenoxy) is 2. The van der Waals surface area contributed by atoms with Gasteiger partial charge in [0.15, 0.2) is 6.29 Å². The molecule has 2 atom stereocenters. The van der Waals surface area contributed by atoms with Gasteiger partial charge >= 0.3 is 5.97 Å². The lowest BCUT2D eigenvalue weighted by molar-refractivity contribution is -0.201. The first kappa shape index (κ1) is 31.7. The molecule has 2 amide bonds. The van der Waals surface area contributed by atoms with Crippen LogP contribution in [0.4, 0.5) is 10.1 Å². The van der Waals surface area contributed by atoms with Crippen molar-refractivity contribution in [2.24, 2.45) is 13.0 Å². The zero-order chi connectivity index (χ0) is 31.4. The van der Waals surface area contributed by atoms with Gasteiger partial charge in [-0.15, -0.1) is 6.58 Å². The van der Waals surface area contributed by atoms with Crippen molar-refractivity contribution in [3.63, 3.8) is 0 Å². The molecule has 0 bridgehead atoms. The van der Waals surface area contributed by atoms with Crippen LogP contribution in [0.15, 0.2) is 55.3 Å². The monoisotopic (exact) mass is 625 g/mol. The number of nitrogens with one attached hydrogen (secondary N) is 1. The molecule has 1 saturated carbocycles. The quantitative estimate of drug-likeness (QED) is 0.201. The van der Waals surface area contributed by atoms with Crippen LogP contribution < -0.4 is 5.32 Å². The van der Waals surface area contributed by atoms with Gasteiger partial charge in [0.2, 0.25) is 5.91 Å². The van der Waals surface area contributed by atoms with Gasteiger partial charge in [0, 0.05) is 30.7 Å². The van der Waals surface area contributed by atoms with Gasteiger partial charge in [0.1, 0.15) is 5.82 Å². The second-order valence-corrected chi connectivity index (χ2v) is 11.9. The number of para-hydroxylation sites is 1. The zero-order valence-electron chi connectivity index (χ0n) is 24.6. The molecule has 3 aromatic rings. The molecule has 44 heavy (non-hydrogen) atoms. The van der Waals surface area contributed by atoms with Gasteiger partial charge in [0.05, 0.1) is 47.4 Å². The minimum atomic E-state index is -0.789. The second kappa shape index (κ2) is 13.9. The number of anilines is 1. The molecule has 1 aromatic heterocycles. The number of nitrogens with zero attached hydrogens (tertiary/aromatic N) is 2. The van der Waals surface area contributed by atoms with E-state index in [9.17, 15) is 19.5 Å². The van der Waals surface area contributed by atoms with E-state index in [0.717, 1.165) is 23.4 Å². The van der Waals surface area contributed by atoms with E-state index in [2.05, 4.69) is 11.9 Å². The summed E-state index contributed by atoms with van der Waals surface area (Å²) < 4.78 is 29.4. The summed E-state index contributed by atoms with van der Waals surface area (Å²) in [7, 11) is 1.84. The predicted octanol–water partition coefficient (Wildman–Crippen LogP) is 5.95. The van der Waals surface area contributed by atoms with Crippen molar-refractivity contribution in [2.45, 2.75) is 63.4 Å². The van der Waals surface area contributed by atoms with Crippen LogP contribution in [0, 0.1) is 11.7 Å². The molecule has 2 aromatic carbocycles. The maximum absolute atomic E-state index is 15.3. The van der Waals surface area contributed by atoms with Gasteiger partial charge in [-0.2, -0.15) is 0 Å². The number of carbonyl (C=O) groups excluding carboxylic acids is 2. The summed E-state index contributed by atoms with van der Waals surface area (Å²) in [6.45, 7) is 4.41. The Morgan fingerprint density at radius 2 is 1.93 bits per heavy atom. The average molecular weight is 626 g/mol. The van der Waals surface area contributed by atoms with E-state index in [0.29, 0.717) is 44.2 Å². The number of fused-ring (bicyclic) bond motifs is 1. The van der Waals surface area contributed by atoms with Gasteiger partial charge < -0.3 is 29.4 Å². The van der Waals surface area contributed by atoms with E-state index < -0.39 is 24.0 Å². The number of halogens is 2. The Morgan fingerprint density at radius 3 is 2.66 bits per heavy atom.